The zero-order valence-corrected chi connectivity index (χ0v) is 9.96. The van der Waals surface area contributed by atoms with Gasteiger partial charge in [0.05, 0.1) is 17.0 Å². The summed E-state index contributed by atoms with van der Waals surface area (Å²) in [5, 5.41) is 9.89. The molecule has 74 valence electrons. The molecule has 14 heavy (non-hydrogen) atoms. The molecule has 1 rings (SSSR count). The fraction of sp³-hybridized carbons (Fsp3) is 0.300. The summed E-state index contributed by atoms with van der Waals surface area (Å²) in [6, 6.07) is 7.56. The number of halogens is 2. The Morgan fingerprint density at radius 2 is 2.21 bits per heavy atom. The minimum atomic E-state index is 0.0340. The number of nitrogens with zero attached hydrogens (tertiary/aromatic N) is 1. The lowest BCUT2D eigenvalue weighted by Gasteiger charge is -2.05. The van der Waals surface area contributed by atoms with Crippen molar-refractivity contribution in [3.8, 4) is 6.07 Å². The maximum absolute atomic E-state index is 8.61. The SMILES string of the molecule is CC(C#N)CSc1ccc(Cl)cc1Cl. The third-order valence-corrected chi connectivity index (χ3v) is 3.60. The maximum atomic E-state index is 8.61. The highest BCUT2D eigenvalue weighted by molar-refractivity contribution is 7.99. The van der Waals surface area contributed by atoms with Gasteiger partial charge in [0, 0.05) is 15.7 Å². The van der Waals surface area contributed by atoms with E-state index in [0.717, 1.165) is 10.6 Å². The summed E-state index contributed by atoms with van der Waals surface area (Å²) in [4.78, 5) is 0.971. The van der Waals surface area contributed by atoms with E-state index in [0.29, 0.717) is 10.0 Å². The van der Waals surface area contributed by atoms with Crippen LogP contribution < -0.4 is 0 Å². The predicted molar refractivity (Wildman–Crippen MR) is 62.0 cm³/mol. The quantitative estimate of drug-likeness (QED) is 0.744. The average Bonchev–Trinajstić information content (AvgIpc) is 2.16. The number of nitriles is 1. The minimum Gasteiger partial charge on any atom is -0.198 e. The fourth-order valence-electron chi connectivity index (χ4n) is 0.844. The first-order chi connectivity index (χ1) is 6.63. The first-order valence-corrected chi connectivity index (χ1v) is 5.85. The van der Waals surface area contributed by atoms with Gasteiger partial charge in [-0.15, -0.1) is 11.8 Å². The first-order valence-electron chi connectivity index (χ1n) is 4.11. The van der Waals surface area contributed by atoms with Crippen LogP contribution in [0.25, 0.3) is 0 Å². The summed E-state index contributed by atoms with van der Waals surface area (Å²) in [5.74, 6) is 0.782. The molecule has 0 aliphatic heterocycles. The van der Waals surface area contributed by atoms with Gasteiger partial charge in [0.1, 0.15) is 0 Å². The Morgan fingerprint density at radius 1 is 1.50 bits per heavy atom. The van der Waals surface area contributed by atoms with Crippen molar-refractivity contribution in [2.24, 2.45) is 5.92 Å². The van der Waals surface area contributed by atoms with Crippen molar-refractivity contribution < 1.29 is 0 Å². The second-order valence-electron chi connectivity index (χ2n) is 2.92. The number of benzene rings is 1. The summed E-state index contributed by atoms with van der Waals surface area (Å²) in [7, 11) is 0. The van der Waals surface area contributed by atoms with Gasteiger partial charge in [0.15, 0.2) is 0 Å². The van der Waals surface area contributed by atoms with Gasteiger partial charge in [-0.2, -0.15) is 5.26 Å². The van der Waals surface area contributed by atoms with Gasteiger partial charge in [-0.3, -0.25) is 0 Å². The summed E-state index contributed by atoms with van der Waals surface area (Å²) in [6.45, 7) is 1.89. The molecule has 4 heteroatoms. The van der Waals surface area contributed by atoms with Crippen LogP contribution in [-0.4, -0.2) is 5.75 Å². The molecule has 0 saturated carbocycles. The fourth-order valence-corrected chi connectivity index (χ4v) is 2.28. The van der Waals surface area contributed by atoms with Crippen LogP contribution in [-0.2, 0) is 0 Å². The van der Waals surface area contributed by atoms with Crippen molar-refractivity contribution in [2.45, 2.75) is 11.8 Å². The van der Waals surface area contributed by atoms with Gasteiger partial charge in [-0.1, -0.05) is 23.2 Å². The van der Waals surface area contributed by atoms with Gasteiger partial charge in [-0.25, -0.2) is 0 Å². The average molecular weight is 246 g/mol. The van der Waals surface area contributed by atoms with E-state index in [2.05, 4.69) is 6.07 Å². The Hall–Kier alpha value is -0.360. The largest absolute Gasteiger partial charge is 0.198 e. The van der Waals surface area contributed by atoms with E-state index >= 15 is 0 Å². The Labute approximate surface area is 98.0 Å². The Morgan fingerprint density at radius 3 is 2.79 bits per heavy atom. The Balaban J connectivity index is 2.64. The van der Waals surface area contributed by atoms with Gasteiger partial charge < -0.3 is 0 Å². The highest BCUT2D eigenvalue weighted by Crippen LogP contribution is 2.30. The zero-order valence-electron chi connectivity index (χ0n) is 7.63. The van der Waals surface area contributed by atoms with Crippen LogP contribution in [0.4, 0.5) is 0 Å². The molecular formula is C10H9Cl2NS. The highest BCUT2D eigenvalue weighted by Gasteiger charge is 2.05. The van der Waals surface area contributed by atoms with Crippen molar-refractivity contribution in [1.82, 2.24) is 0 Å². The molecule has 0 spiro atoms. The molecule has 1 unspecified atom stereocenters. The van der Waals surface area contributed by atoms with Gasteiger partial charge >= 0.3 is 0 Å². The van der Waals surface area contributed by atoms with Crippen molar-refractivity contribution in [1.29, 1.82) is 5.26 Å². The zero-order chi connectivity index (χ0) is 10.6. The molecule has 0 heterocycles. The molecule has 0 fully saturated rings. The first kappa shape index (κ1) is 11.7. The number of thioether (sulfide) groups is 1. The van der Waals surface area contributed by atoms with Crippen LogP contribution in [0, 0.1) is 17.2 Å². The molecule has 0 radical (unpaired) electrons. The van der Waals surface area contributed by atoms with Crippen LogP contribution in [0.1, 0.15) is 6.92 Å². The Bertz CT molecular complexity index is 360. The lowest BCUT2D eigenvalue weighted by molar-refractivity contribution is 0.864. The van der Waals surface area contributed by atoms with Crippen LogP contribution in [0.5, 0.6) is 0 Å². The number of hydrogen-bond acceptors (Lipinski definition) is 2. The number of hydrogen-bond donors (Lipinski definition) is 0. The van der Waals surface area contributed by atoms with E-state index in [-0.39, 0.29) is 5.92 Å². The van der Waals surface area contributed by atoms with Crippen LogP contribution in [0.15, 0.2) is 23.1 Å². The van der Waals surface area contributed by atoms with E-state index in [9.17, 15) is 0 Å². The van der Waals surface area contributed by atoms with Crippen molar-refractivity contribution >= 4 is 35.0 Å². The Kier molecular flexibility index (Phi) is 4.60. The third kappa shape index (κ3) is 3.42. The molecule has 0 aromatic heterocycles. The van der Waals surface area contributed by atoms with E-state index in [1.54, 1.807) is 23.9 Å². The van der Waals surface area contributed by atoms with E-state index < -0.39 is 0 Å². The molecule has 1 atom stereocenters. The summed E-state index contributed by atoms with van der Waals surface area (Å²) >= 11 is 13.3. The summed E-state index contributed by atoms with van der Waals surface area (Å²) in [5.41, 5.74) is 0. The number of rotatable bonds is 3. The van der Waals surface area contributed by atoms with Gasteiger partial charge in [0.2, 0.25) is 0 Å². The molecule has 0 N–H and O–H groups in total. The molecule has 0 amide bonds. The van der Waals surface area contributed by atoms with E-state index in [1.165, 1.54) is 0 Å². The van der Waals surface area contributed by atoms with Crippen molar-refractivity contribution in [3.63, 3.8) is 0 Å². The molecule has 0 aliphatic carbocycles. The molecule has 0 aliphatic rings. The standard InChI is InChI=1S/C10H9Cl2NS/c1-7(5-13)6-14-10-3-2-8(11)4-9(10)12/h2-4,7H,6H2,1H3. The second-order valence-corrected chi connectivity index (χ2v) is 4.82. The smallest absolute Gasteiger partial charge is 0.0661 e. The maximum Gasteiger partial charge on any atom is 0.0661 e. The van der Waals surface area contributed by atoms with Crippen LogP contribution in [0.2, 0.25) is 10.0 Å². The lowest BCUT2D eigenvalue weighted by atomic mass is 10.3. The van der Waals surface area contributed by atoms with Gasteiger partial charge in [-0.05, 0) is 25.1 Å². The van der Waals surface area contributed by atoms with E-state index in [1.807, 2.05) is 13.0 Å². The minimum absolute atomic E-state index is 0.0340. The molecule has 1 aromatic carbocycles. The topological polar surface area (TPSA) is 23.8 Å². The summed E-state index contributed by atoms with van der Waals surface area (Å²) < 4.78 is 0. The van der Waals surface area contributed by atoms with Crippen molar-refractivity contribution in [3.05, 3.63) is 28.2 Å². The second kappa shape index (κ2) is 5.50. The molecular weight excluding hydrogens is 237 g/mol. The predicted octanol–water partition coefficient (Wildman–Crippen LogP) is 4.25. The lowest BCUT2D eigenvalue weighted by Crippen LogP contribution is -1.93. The normalized spacial score (nSPS) is 12.1. The van der Waals surface area contributed by atoms with Crippen LogP contribution >= 0.6 is 35.0 Å². The molecule has 1 aromatic rings. The highest BCUT2D eigenvalue weighted by atomic mass is 35.5. The molecule has 0 saturated heterocycles. The summed E-state index contributed by atoms with van der Waals surface area (Å²) in [6.07, 6.45) is 0. The van der Waals surface area contributed by atoms with Gasteiger partial charge in [0.25, 0.3) is 0 Å². The van der Waals surface area contributed by atoms with Crippen LogP contribution in [0.3, 0.4) is 0 Å². The van der Waals surface area contributed by atoms with E-state index in [4.69, 9.17) is 28.5 Å². The molecule has 0 bridgehead atoms. The third-order valence-electron chi connectivity index (χ3n) is 1.60. The van der Waals surface area contributed by atoms with Crippen molar-refractivity contribution in [2.75, 3.05) is 5.75 Å². The molecule has 1 nitrogen and oxygen atoms in total. The monoisotopic (exact) mass is 245 g/mol.